The molecule has 0 aliphatic carbocycles. The molecule has 4 aromatic rings. The molecule has 0 fully saturated rings. The van der Waals surface area contributed by atoms with Gasteiger partial charge in [0.2, 0.25) is 5.95 Å². The number of rotatable bonds is 4. The van der Waals surface area contributed by atoms with Gasteiger partial charge in [-0.05, 0) is 30.2 Å². The van der Waals surface area contributed by atoms with Gasteiger partial charge in [0.05, 0.1) is 0 Å². The van der Waals surface area contributed by atoms with Crippen molar-refractivity contribution in [1.29, 1.82) is 0 Å². The summed E-state index contributed by atoms with van der Waals surface area (Å²) < 4.78 is 0. The predicted molar refractivity (Wildman–Crippen MR) is 92.8 cm³/mol. The topological polar surface area (TPSA) is 66.5 Å². The predicted octanol–water partition coefficient (Wildman–Crippen LogP) is 3.81. The summed E-state index contributed by atoms with van der Waals surface area (Å²) in [6.45, 7) is 0.731. The second kappa shape index (κ2) is 5.85. The van der Waals surface area contributed by atoms with Gasteiger partial charge in [-0.2, -0.15) is 4.98 Å². The molecule has 6 heteroatoms. The Bertz CT molecular complexity index is 962. The van der Waals surface area contributed by atoms with Crippen LogP contribution in [0, 0.1) is 0 Å². The van der Waals surface area contributed by atoms with Crippen LogP contribution in [0.25, 0.3) is 22.1 Å². The number of H-pyrrole nitrogens is 1. The normalized spacial score (nSPS) is 11.2. The molecule has 2 aromatic carbocycles. The van der Waals surface area contributed by atoms with E-state index in [0.717, 1.165) is 40.1 Å². The fraction of sp³-hybridized carbons (Fsp3) is 0.118. The number of halogens is 1. The van der Waals surface area contributed by atoms with E-state index in [9.17, 15) is 0 Å². The largest absolute Gasteiger partial charge is 0.353 e. The standard InChI is InChI=1S/C17H14ClN5/c18-12-7-5-11(6-8-12)9-10-19-17-21-16-15(22-23-17)13-3-1-2-4-14(13)20-16/h1-8H,9-10H2,(H2,19,20,21,23). The van der Waals surface area contributed by atoms with Crippen molar-refractivity contribution in [2.75, 3.05) is 11.9 Å². The van der Waals surface area contributed by atoms with Crippen LogP contribution in [0.3, 0.4) is 0 Å². The number of fused-ring (bicyclic) bond motifs is 3. The van der Waals surface area contributed by atoms with Crippen molar-refractivity contribution in [3.8, 4) is 0 Å². The second-order valence-corrected chi connectivity index (χ2v) is 5.74. The van der Waals surface area contributed by atoms with Gasteiger partial charge in [-0.3, -0.25) is 0 Å². The Morgan fingerprint density at radius 2 is 1.83 bits per heavy atom. The number of aromatic amines is 1. The van der Waals surface area contributed by atoms with E-state index in [1.165, 1.54) is 5.56 Å². The van der Waals surface area contributed by atoms with Crippen LogP contribution in [0.15, 0.2) is 48.5 Å². The quantitative estimate of drug-likeness (QED) is 0.599. The lowest BCUT2D eigenvalue weighted by molar-refractivity contribution is 0.951. The Labute approximate surface area is 137 Å². The molecule has 0 radical (unpaired) electrons. The van der Waals surface area contributed by atoms with Crippen molar-refractivity contribution in [2.24, 2.45) is 0 Å². The first kappa shape index (κ1) is 14.0. The van der Waals surface area contributed by atoms with Gasteiger partial charge in [0.15, 0.2) is 5.65 Å². The van der Waals surface area contributed by atoms with Crippen LogP contribution in [-0.2, 0) is 6.42 Å². The third kappa shape index (κ3) is 2.83. The van der Waals surface area contributed by atoms with E-state index in [0.29, 0.717) is 5.95 Å². The van der Waals surface area contributed by atoms with Crippen LogP contribution in [0.1, 0.15) is 5.56 Å². The van der Waals surface area contributed by atoms with Gasteiger partial charge in [0, 0.05) is 22.5 Å². The van der Waals surface area contributed by atoms with E-state index in [-0.39, 0.29) is 0 Å². The summed E-state index contributed by atoms with van der Waals surface area (Å²) in [7, 11) is 0. The molecule has 0 spiro atoms. The fourth-order valence-corrected chi connectivity index (χ4v) is 2.69. The summed E-state index contributed by atoms with van der Waals surface area (Å²) in [4.78, 5) is 7.76. The summed E-state index contributed by atoms with van der Waals surface area (Å²) in [5.74, 6) is 0.526. The number of aromatic nitrogens is 4. The molecule has 2 heterocycles. The first-order valence-corrected chi connectivity index (χ1v) is 7.77. The van der Waals surface area contributed by atoms with Crippen molar-refractivity contribution >= 4 is 39.6 Å². The van der Waals surface area contributed by atoms with Crippen molar-refractivity contribution in [1.82, 2.24) is 20.2 Å². The van der Waals surface area contributed by atoms with E-state index in [2.05, 4.69) is 25.5 Å². The number of benzene rings is 2. The van der Waals surface area contributed by atoms with Crippen LogP contribution in [0.5, 0.6) is 0 Å². The number of nitrogens with zero attached hydrogens (tertiary/aromatic N) is 3. The molecular formula is C17H14ClN5. The smallest absolute Gasteiger partial charge is 0.244 e. The lowest BCUT2D eigenvalue weighted by Gasteiger charge is -2.04. The van der Waals surface area contributed by atoms with Crippen LogP contribution in [0.4, 0.5) is 5.95 Å². The molecule has 5 nitrogen and oxygen atoms in total. The minimum absolute atomic E-state index is 0.526. The zero-order valence-corrected chi connectivity index (χ0v) is 13.0. The molecule has 0 atom stereocenters. The first-order valence-electron chi connectivity index (χ1n) is 7.39. The second-order valence-electron chi connectivity index (χ2n) is 5.31. The highest BCUT2D eigenvalue weighted by Gasteiger charge is 2.08. The fourth-order valence-electron chi connectivity index (χ4n) is 2.57. The Morgan fingerprint density at radius 1 is 1.00 bits per heavy atom. The van der Waals surface area contributed by atoms with Gasteiger partial charge in [-0.25, -0.2) is 0 Å². The number of nitrogens with one attached hydrogen (secondary N) is 2. The Balaban J connectivity index is 1.50. The van der Waals surface area contributed by atoms with Crippen molar-refractivity contribution in [2.45, 2.75) is 6.42 Å². The number of hydrogen-bond donors (Lipinski definition) is 2. The van der Waals surface area contributed by atoms with E-state index in [1.807, 2.05) is 48.5 Å². The third-order valence-electron chi connectivity index (χ3n) is 3.73. The molecule has 4 rings (SSSR count). The molecule has 0 saturated heterocycles. The minimum Gasteiger partial charge on any atom is -0.353 e. The number of hydrogen-bond acceptors (Lipinski definition) is 4. The average molecular weight is 324 g/mol. The summed E-state index contributed by atoms with van der Waals surface area (Å²) in [5, 5.41) is 13.4. The highest BCUT2D eigenvalue weighted by molar-refractivity contribution is 6.30. The Morgan fingerprint density at radius 3 is 2.70 bits per heavy atom. The molecule has 0 aliphatic rings. The van der Waals surface area contributed by atoms with Crippen molar-refractivity contribution in [3.63, 3.8) is 0 Å². The summed E-state index contributed by atoms with van der Waals surface area (Å²) >= 11 is 5.88. The summed E-state index contributed by atoms with van der Waals surface area (Å²) in [6, 6.07) is 15.8. The summed E-state index contributed by atoms with van der Waals surface area (Å²) in [5.41, 5.74) is 3.77. The molecule has 0 aliphatic heterocycles. The van der Waals surface area contributed by atoms with Gasteiger partial charge in [0.25, 0.3) is 0 Å². The van der Waals surface area contributed by atoms with Gasteiger partial charge in [0.1, 0.15) is 5.52 Å². The third-order valence-corrected chi connectivity index (χ3v) is 3.98. The van der Waals surface area contributed by atoms with Crippen LogP contribution in [-0.4, -0.2) is 26.7 Å². The molecule has 2 aromatic heterocycles. The van der Waals surface area contributed by atoms with Crippen LogP contribution >= 0.6 is 11.6 Å². The first-order chi connectivity index (χ1) is 11.3. The van der Waals surface area contributed by atoms with Crippen LogP contribution in [0.2, 0.25) is 5.02 Å². The molecule has 2 N–H and O–H groups in total. The molecule has 0 saturated carbocycles. The minimum atomic E-state index is 0.526. The van der Waals surface area contributed by atoms with Gasteiger partial charge in [-0.15, -0.1) is 10.2 Å². The lowest BCUT2D eigenvalue weighted by Crippen LogP contribution is -2.08. The van der Waals surface area contributed by atoms with E-state index in [4.69, 9.17) is 11.6 Å². The zero-order chi connectivity index (χ0) is 15.6. The average Bonchev–Trinajstić information content (AvgIpc) is 2.94. The van der Waals surface area contributed by atoms with Gasteiger partial charge < -0.3 is 10.3 Å². The monoisotopic (exact) mass is 323 g/mol. The maximum Gasteiger partial charge on any atom is 0.244 e. The van der Waals surface area contributed by atoms with E-state index in [1.54, 1.807) is 0 Å². The van der Waals surface area contributed by atoms with Crippen molar-refractivity contribution < 1.29 is 0 Å². The van der Waals surface area contributed by atoms with Gasteiger partial charge in [-0.1, -0.05) is 41.9 Å². The molecule has 114 valence electrons. The number of para-hydroxylation sites is 1. The van der Waals surface area contributed by atoms with E-state index >= 15 is 0 Å². The molecular weight excluding hydrogens is 310 g/mol. The van der Waals surface area contributed by atoms with Crippen LogP contribution < -0.4 is 5.32 Å². The Kier molecular flexibility index (Phi) is 3.55. The lowest BCUT2D eigenvalue weighted by atomic mass is 10.1. The maximum absolute atomic E-state index is 5.88. The maximum atomic E-state index is 5.88. The molecule has 0 bridgehead atoms. The Hall–Kier alpha value is -2.66. The zero-order valence-electron chi connectivity index (χ0n) is 12.3. The SMILES string of the molecule is Clc1ccc(CCNc2nnc3c(n2)[nH]c2ccccc23)cc1. The van der Waals surface area contributed by atoms with Crippen molar-refractivity contribution in [3.05, 3.63) is 59.1 Å². The highest BCUT2D eigenvalue weighted by Crippen LogP contribution is 2.21. The van der Waals surface area contributed by atoms with Gasteiger partial charge >= 0.3 is 0 Å². The van der Waals surface area contributed by atoms with E-state index < -0.39 is 0 Å². The highest BCUT2D eigenvalue weighted by atomic mass is 35.5. The molecule has 23 heavy (non-hydrogen) atoms. The molecule has 0 amide bonds. The number of anilines is 1. The molecule has 0 unspecified atom stereocenters. The summed E-state index contributed by atoms with van der Waals surface area (Å²) in [6.07, 6.45) is 0.866.